The first-order chi connectivity index (χ1) is 6.95. The van der Waals surface area contributed by atoms with Gasteiger partial charge in [0.05, 0.1) is 20.1 Å². The largest absolute Gasteiger partial charge is 0.476 e. The number of quaternary nitrogens is 1. The summed E-state index contributed by atoms with van der Waals surface area (Å²) in [6, 6.07) is 0. The highest BCUT2D eigenvalue weighted by Gasteiger charge is 2.46. The maximum absolute atomic E-state index is 6.21. The highest BCUT2D eigenvalue weighted by Crippen LogP contribution is 2.34. The lowest BCUT2D eigenvalue weighted by molar-refractivity contribution is -0.901. The zero-order valence-corrected chi connectivity index (χ0v) is 10.4. The fourth-order valence-corrected chi connectivity index (χ4v) is 2.99. The van der Waals surface area contributed by atoms with Gasteiger partial charge in [-0.1, -0.05) is 0 Å². The van der Waals surface area contributed by atoms with Crippen molar-refractivity contribution in [2.75, 3.05) is 33.3 Å². The Morgan fingerprint density at radius 1 is 1.53 bits per heavy atom. The summed E-state index contributed by atoms with van der Waals surface area (Å²) in [5.74, 6) is 0.588. The van der Waals surface area contributed by atoms with Gasteiger partial charge in [0.15, 0.2) is 5.88 Å². The molecule has 0 amide bonds. The van der Waals surface area contributed by atoms with Crippen molar-refractivity contribution in [3.8, 4) is 0 Å². The molecule has 0 radical (unpaired) electrons. The van der Waals surface area contributed by atoms with E-state index in [2.05, 4.69) is 20.6 Å². The molecule has 0 aliphatic carbocycles. The summed E-state index contributed by atoms with van der Waals surface area (Å²) in [7, 11) is 2.31. The van der Waals surface area contributed by atoms with Crippen LogP contribution in [0.15, 0.2) is 12.5 Å². The molecule has 3 nitrogen and oxygen atoms in total. The zero-order chi connectivity index (χ0) is 11.1. The number of likely N-dealkylation sites (N-methyl/N-ethyl adjacent to an activating group) is 1. The Morgan fingerprint density at radius 2 is 2.13 bits per heavy atom. The number of hydrogen-bond donors (Lipinski definition) is 0. The van der Waals surface area contributed by atoms with Gasteiger partial charge >= 0.3 is 0 Å². The molecule has 2 aliphatic heterocycles. The SMILES string of the molecule is C=C1OCC(C)(C[N+]2(C)CCCC2)N1Cl. The molecule has 2 saturated heterocycles. The van der Waals surface area contributed by atoms with Crippen LogP contribution < -0.4 is 0 Å². The fraction of sp³-hybridized carbons (Fsp3) is 0.818. The molecule has 0 N–H and O–H groups in total. The summed E-state index contributed by atoms with van der Waals surface area (Å²) in [5.41, 5.74) is -0.0995. The summed E-state index contributed by atoms with van der Waals surface area (Å²) < 4.78 is 8.21. The van der Waals surface area contributed by atoms with Crippen molar-refractivity contribution in [2.24, 2.45) is 0 Å². The molecule has 2 heterocycles. The lowest BCUT2D eigenvalue weighted by Crippen LogP contribution is -2.55. The van der Waals surface area contributed by atoms with Crippen LogP contribution in [0.4, 0.5) is 0 Å². The molecule has 0 bridgehead atoms. The molecule has 0 aromatic heterocycles. The maximum Gasteiger partial charge on any atom is 0.197 e. The van der Waals surface area contributed by atoms with Crippen LogP contribution in [0.5, 0.6) is 0 Å². The summed E-state index contributed by atoms with van der Waals surface area (Å²) in [5, 5.41) is 0. The van der Waals surface area contributed by atoms with Crippen LogP contribution in [-0.2, 0) is 4.74 Å². The average molecular weight is 232 g/mol. The van der Waals surface area contributed by atoms with Gasteiger partial charge in [-0.25, -0.2) is 4.42 Å². The normalized spacial score (nSPS) is 34.6. The number of nitrogens with zero attached hydrogens (tertiary/aromatic N) is 2. The van der Waals surface area contributed by atoms with Crippen LogP contribution in [-0.4, -0.2) is 47.7 Å². The summed E-state index contributed by atoms with van der Waals surface area (Å²) in [6.45, 7) is 10.2. The standard InChI is InChI=1S/C11H20ClN2O/c1-10-13(12)11(2,9-15-10)8-14(3)6-4-5-7-14/h1,4-9H2,2-3H3/q+1. The number of hydrogen-bond acceptors (Lipinski definition) is 2. The van der Waals surface area contributed by atoms with E-state index < -0.39 is 0 Å². The van der Waals surface area contributed by atoms with Crippen LogP contribution >= 0.6 is 11.8 Å². The summed E-state index contributed by atoms with van der Waals surface area (Å²) >= 11 is 6.21. The quantitative estimate of drug-likeness (QED) is 0.532. The molecule has 0 spiro atoms. The van der Waals surface area contributed by atoms with Gasteiger partial charge in [0.2, 0.25) is 0 Å². The van der Waals surface area contributed by atoms with Gasteiger partial charge in [-0.3, -0.25) is 0 Å². The Morgan fingerprint density at radius 3 is 2.60 bits per heavy atom. The third kappa shape index (κ3) is 1.95. The summed E-state index contributed by atoms with van der Waals surface area (Å²) in [4.78, 5) is 0. The molecule has 1 unspecified atom stereocenters. The lowest BCUT2D eigenvalue weighted by Gasteiger charge is -2.38. The Balaban J connectivity index is 2.07. The fourth-order valence-electron chi connectivity index (χ4n) is 2.84. The molecule has 1 atom stereocenters. The molecule has 0 saturated carbocycles. The van der Waals surface area contributed by atoms with Crippen LogP contribution in [0.25, 0.3) is 0 Å². The molecule has 0 aromatic carbocycles. The minimum atomic E-state index is -0.0995. The molecule has 15 heavy (non-hydrogen) atoms. The second-order valence-corrected chi connectivity index (χ2v) is 5.73. The summed E-state index contributed by atoms with van der Waals surface area (Å²) in [6.07, 6.45) is 2.66. The number of likely N-dealkylation sites (tertiary alicyclic amines) is 1. The van der Waals surface area contributed by atoms with Crippen LogP contribution in [0.3, 0.4) is 0 Å². The third-order valence-electron chi connectivity index (χ3n) is 3.61. The highest BCUT2D eigenvalue weighted by atomic mass is 35.5. The molecule has 86 valence electrons. The molecule has 2 fully saturated rings. The predicted molar refractivity (Wildman–Crippen MR) is 61.2 cm³/mol. The number of rotatable bonds is 2. The van der Waals surface area contributed by atoms with E-state index in [0.717, 1.165) is 11.0 Å². The van der Waals surface area contributed by atoms with Gasteiger partial charge in [0, 0.05) is 24.6 Å². The van der Waals surface area contributed by atoms with E-state index in [4.69, 9.17) is 16.5 Å². The van der Waals surface area contributed by atoms with E-state index in [1.807, 2.05) is 0 Å². The zero-order valence-electron chi connectivity index (χ0n) is 9.63. The Hall–Kier alpha value is -0.410. The maximum atomic E-state index is 6.21. The minimum absolute atomic E-state index is 0.0995. The van der Waals surface area contributed by atoms with E-state index in [9.17, 15) is 0 Å². The first-order valence-electron chi connectivity index (χ1n) is 5.57. The van der Waals surface area contributed by atoms with Gasteiger partial charge in [-0.15, -0.1) is 0 Å². The van der Waals surface area contributed by atoms with E-state index in [-0.39, 0.29) is 5.54 Å². The number of ether oxygens (including phenoxy) is 1. The number of halogens is 1. The second kappa shape index (κ2) is 3.56. The molecule has 4 heteroatoms. The minimum Gasteiger partial charge on any atom is -0.476 e. The van der Waals surface area contributed by atoms with E-state index in [1.165, 1.54) is 25.9 Å². The monoisotopic (exact) mass is 231 g/mol. The molecular formula is C11H20ClN2O+. The van der Waals surface area contributed by atoms with E-state index in [0.29, 0.717) is 12.5 Å². The smallest absolute Gasteiger partial charge is 0.197 e. The Kier molecular flexibility index (Phi) is 2.63. The van der Waals surface area contributed by atoms with Crippen molar-refractivity contribution in [1.82, 2.24) is 4.42 Å². The van der Waals surface area contributed by atoms with Gasteiger partial charge in [-0.2, -0.15) is 0 Å². The highest BCUT2D eigenvalue weighted by molar-refractivity contribution is 6.15. The van der Waals surface area contributed by atoms with Crippen molar-refractivity contribution >= 4 is 11.8 Å². The van der Waals surface area contributed by atoms with Crippen LogP contribution in [0.1, 0.15) is 19.8 Å². The van der Waals surface area contributed by atoms with Crippen LogP contribution in [0, 0.1) is 0 Å². The van der Waals surface area contributed by atoms with Crippen molar-refractivity contribution < 1.29 is 9.22 Å². The van der Waals surface area contributed by atoms with Gasteiger partial charge < -0.3 is 9.22 Å². The van der Waals surface area contributed by atoms with Crippen LogP contribution in [0.2, 0.25) is 0 Å². The van der Waals surface area contributed by atoms with Gasteiger partial charge in [0.1, 0.15) is 18.7 Å². The molecule has 2 aliphatic rings. The van der Waals surface area contributed by atoms with Crippen molar-refractivity contribution in [3.63, 3.8) is 0 Å². The van der Waals surface area contributed by atoms with Gasteiger partial charge in [0.25, 0.3) is 0 Å². The lowest BCUT2D eigenvalue weighted by atomic mass is 10.0. The van der Waals surface area contributed by atoms with Crippen molar-refractivity contribution in [1.29, 1.82) is 0 Å². The molecular weight excluding hydrogens is 212 g/mol. The Bertz CT molecular complexity index is 276. The van der Waals surface area contributed by atoms with E-state index in [1.54, 1.807) is 4.42 Å². The third-order valence-corrected chi connectivity index (χ3v) is 4.21. The van der Waals surface area contributed by atoms with Crippen molar-refractivity contribution in [2.45, 2.75) is 25.3 Å². The Labute approximate surface area is 96.9 Å². The topological polar surface area (TPSA) is 12.5 Å². The first kappa shape index (κ1) is 11.1. The van der Waals surface area contributed by atoms with Crippen molar-refractivity contribution in [3.05, 3.63) is 12.5 Å². The van der Waals surface area contributed by atoms with Gasteiger partial charge in [-0.05, 0) is 13.5 Å². The molecule has 2 rings (SSSR count). The first-order valence-corrected chi connectivity index (χ1v) is 5.90. The predicted octanol–water partition coefficient (Wildman–Crippen LogP) is 1.94. The molecule has 0 aromatic rings. The van der Waals surface area contributed by atoms with E-state index >= 15 is 0 Å². The second-order valence-electron chi connectivity index (χ2n) is 5.39. The average Bonchev–Trinajstić information content (AvgIpc) is 2.68.